The van der Waals surface area contributed by atoms with Crippen molar-refractivity contribution in [1.82, 2.24) is 0 Å². The molecule has 1 aromatic rings. The molecule has 22 heavy (non-hydrogen) atoms. The minimum absolute atomic E-state index is 0.605. The van der Waals surface area contributed by atoms with Gasteiger partial charge in [0, 0.05) is 0 Å². The van der Waals surface area contributed by atoms with Crippen LogP contribution in [0.1, 0.15) is 5.56 Å². The Labute approximate surface area is 120 Å². The molecule has 0 unspecified atom stereocenters. The maximum Gasteiger partial charge on any atom is 0.459 e. The van der Waals surface area contributed by atoms with Gasteiger partial charge in [-0.3, -0.25) is 4.18 Å². The van der Waals surface area contributed by atoms with E-state index in [-0.39, 0.29) is 0 Å². The summed E-state index contributed by atoms with van der Waals surface area (Å²) in [6.45, 7) is -1.06. The quantitative estimate of drug-likeness (QED) is 0.600. The SMILES string of the molecule is Cc1ccc(S(=O)(=O)OCC(F)(F)C(F)(F)C(F)(F)F)cc1. The number of alkyl halides is 7. The molecule has 0 aliphatic heterocycles. The maximum atomic E-state index is 12.9. The Balaban J connectivity index is 2.95. The highest BCUT2D eigenvalue weighted by molar-refractivity contribution is 7.86. The summed E-state index contributed by atoms with van der Waals surface area (Å²) < 4.78 is 113. The van der Waals surface area contributed by atoms with E-state index in [0.29, 0.717) is 5.56 Å². The minimum Gasteiger partial charge on any atom is -0.260 e. The van der Waals surface area contributed by atoms with Gasteiger partial charge < -0.3 is 0 Å². The lowest BCUT2D eigenvalue weighted by atomic mass is 10.2. The molecule has 0 heterocycles. The van der Waals surface area contributed by atoms with Gasteiger partial charge in [-0.15, -0.1) is 0 Å². The molecule has 0 saturated carbocycles. The van der Waals surface area contributed by atoms with E-state index < -0.39 is 39.6 Å². The van der Waals surface area contributed by atoms with Crippen LogP contribution >= 0.6 is 0 Å². The molecule has 3 nitrogen and oxygen atoms in total. The molecule has 0 aromatic heterocycles. The molecule has 0 saturated heterocycles. The molecular weight excluding hydrogens is 345 g/mol. The lowest BCUT2D eigenvalue weighted by molar-refractivity contribution is -0.358. The third kappa shape index (κ3) is 3.69. The molecule has 0 fully saturated rings. The summed E-state index contributed by atoms with van der Waals surface area (Å²) in [7, 11) is -4.90. The molecule has 126 valence electrons. The van der Waals surface area contributed by atoms with Gasteiger partial charge in [0.1, 0.15) is 6.61 Å². The van der Waals surface area contributed by atoms with E-state index in [2.05, 4.69) is 4.18 Å². The highest BCUT2D eigenvalue weighted by Gasteiger charge is 2.73. The number of benzene rings is 1. The Kier molecular flexibility index (Phi) is 4.83. The molecule has 11 heteroatoms. The number of hydrogen-bond acceptors (Lipinski definition) is 3. The smallest absolute Gasteiger partial charge is 0.260 e. The Morgan fingerprint density at radius 2 is 1.41 bits per heavy atom. The van der Waals surface area contributed by atoms with E-state index in [1.54, 1.807) is 6.92 Å². The van der Waals surface area contributed by atoms with Gasteiger partial charge in [0.25, 0.3) is 10.1 Å². The molecule has 0 N–H and O–H groups in total. The zero-order valence-corrected chi connectivity index (χ0v) is 11.6. The second kappa shape index (κ2) is 5.69. The van der Waals surface area contributed by atoms with Crippen molar-refractivity contribution in [2.24, 2.45) is 0 Å². The summed E-state index contributed by atoms with van der Waals surface area (Å²) in [6, 6.07) is 4.40. The first-order valence-corrected chi connectivity index (χ1v) is 6.90. The molecule has 1 rings (SSSR count). The van der Waals surface area contributed by atoms with Gasteiger partial charge in [-0.25, -0.2) is 0 Å². The molecule has 0 spiro atoms. The Morgan fingerprint density at radius 3 is 1.82 bits per heavy atom. The van der Waals surface area contributed by atoms with Crippen LogP contribution in [0.2, 0.25) is 0 Å². The Hall–Kier alpha value is -1.36. The largest absolute Gasteiger partial charge is 0.459 e. The molecular formula is C11H9F7O3S. The highest BCUT2D eigenvalue weighted by atomic mass is 32.2. The van der Waals surface area contributed by atoms with Crippen molar-refractivity contribution >= 4 is 10.1 Å². The second-order valence-electron chi connectivity index (χ2n) is 4.31. The molecule has 0 aliphatic rings. The van der Waals surface area contributed by atoms with E-state index in [1.807, 2.05) is 0 Å². The number of rotatable bonds is 5. The number of aryl methyl sites for hydroxylation is 1. The second-order valence-corrected chi connectivity index (χ2v) is 5.92. The average molecular weight is 354 g/mol. The van der Waals surface area contributed by atoms with Crippen molar-refractivity contribution in [2.45, 2.75) is 29.8 Å². The van der Waals surface area contributed by atoms with Gasteiger partial charge >= 0.3 is 18.0 Å². The van der Waals surface area contributed by atoms with Crippen LogP contribution in [0.15, 0.2) is 29.2 Å². The third-order valence-corrected chi connectivity index (χ3v) is 3.80. The van der Waals surface area contributed by atoms with Crippen LogP contribution in [-0.4, -0.2) is 33.0 Å². The van der Waals surface area contributed by atoms with Crippen LogP contribution in [0.3, 0.4) is 0 Å². The molecule has 0 atom stereocenters. The van der Waals surface area contributed by atoms with Gasteiger partial charge in [0.15, 0.2) is 0 Å². The maximum absolute atomic E-state index is 12.9. The predicted molar refractivity (Wildman–Crippen MR) is 60.3 cm³/mol. The van der Waals surface area contributed by atoms with Crippen LogP contribution in [0.5, 0.6) is 0 Å². The third-order valence-electron chi connectivity index (χ3n) is 2.52. The monoisotopic (exact) mass is 354 g/mol. The number of hydrogen-bond donors (Lipinski definition) is 0. The summed E-state index contributed by atoms with van der Waals surface area (Å²) >= 11 is 0. The Bertz CT molecular complexity index is 620. The molecule has 0 bridgehead atoms. The summed E-state index contributed by atoms with van der Waals surface area (Å²) in [5.74, 6) is -12.2. The minimum atomic E-state index is -6.55. The van der Waals surface area contributed by atoms with E-state index in [9.17, 15) is 39.2 Å². The highest BCUT2D eigenvalue weighted by Crippen LogP contribution is 2.46. The zero-order chi connectivity index (χ0) is 17.4. The van der Waals surface area contributed by atoms with Crippen LogP contribution < -0.4 is 0 Å². The zero-order valence-electron chi connectivity index (χ0n) is 10.8. The van der Waals surface area contributed by atoms with Crippen LogP contribution in [-0.2, 0) is 14.3 Å². The average Bonchev–Trinajstić information content (AvgIpc) is 2.35. The summed E-state index contributed by atoms with van der Waals surface area (Å²) in [5, 5.41) is 0. The lowest BCUT2D eigenvalue weighted by Crippen LogP contribution is -2.54. The van der Waals surface area contributed by atoms with Crippen molar-refractivity contribution in [3.63, 3.8) is 0 Å². The van der Waals surface area contributed by atoms with E-state index >= 15 is 0 Å². The topological polar surface area (TPSA) is 43.4 Å². The van der Waals surface area contributed by atoms with Crippen LogP contribution in [0.4, 0.5) is 30.7 Å². The van der Waals surface area contributed by atoms with Gasteiger partial charge in [-0.05, 0) is 19.1 Å². The fourth-order valence-corrected chi connectivity index (χ4v) is 2.13. The van der Waals surface area contributed by atoms with Gasteiger partial charge in [-0.2, -0.15) is 39.2 Å². The Morgan fingerprint density at radius 1 is 0.955 bits per heavy atom. The van der Waals surface area contributed by atoms with Gasteiger partial charge in [-0.1, -0.05) is 17.7 Å². The van der Waals surface area contributed by atoms with E-state index in [4.69, 9.17) is 0 Å². The first-order chi connectivity index (χ1) is 9.71. The first kappa shape index (κ1) is 18.7. The lowest BCUT2D eigenvalue weighted by Gasteiger charge is -2.27. The fourth-order valence-electron chi connectivity index (χ4n) is 1.22. The van der Waals surface area contributed by atoms with E-state index in [0.717, 1.165) is 12.1 Å². The van der Waals surface area contributed by atoms with Crippen molar-refractivity contribution in [1.29, 1.82) is 0 Å². The summed E-state index contributed by atoms with van der Waals surface area (Å²) in [6.07, 6.45) is -6.55. The fraction of sp³-hybridized carbons (Fsp3) is 0.455. The standard InChI is InChI=1S/C11H9F7O3S/c1-7-2-4-8(5-3-7)22(19,20)21-6-9(12,13)10(14,15)11(16,17)18/h2-5H,6H2,1H3. The van der Waals surface area contributed by atoms with E-state index in [1.165, 1.54) is 12.1 Å². The first-order valence-electron chi connectivity index (χ1n) is 5.49. The molecule has 0 aliphatic carbocycles. The molecule has 0 amide bonds. The van der Waals surface area contributed by atoms with Gasteiger partial charge in [0.2, 0.25) is 0 Å². The van der Waals surface area contributed by atoms with Crippen molar-refractivity contribution in [2.75, 3.05) is 6.61 Å². The van der Waals surface area contributed by atoms with Crippen molar-refractivity contribution in [3.05, 3.63) is 29.8 Å². The normalized spacial score (nSPS) is 14.2. The number of halogens is 7. The van der Waals surface area contributed by atoms with Crippen LogP contribution in [0.25, 0.3) is 0 Å². The predicted octanol–water partition coefficient (Wildman–Crippen LogP) is 3.53. The molecule has 1 aromatic carbocycles. The van der Waals surface area contributed by atoms with Crippen LogP contribution in [0, 0.1) is 6.92 Å². The molecule has 0 radical (unpaired) electrons. The van der Waals surface area contributed by atoms with Gasteiger partial charge in [0.05, 0.1) is 4.90 Å². The van der Waals surface area contributed by atoms with Crippen molar-refractivity contribution in [3.8, 4) is 0 Å². The summed E-state index contributed by atoms with van der Waals surface area (Å²) in [4.78, 5) is -0.649. The summed E-state index contributed by atoms with van der Waals surface area (Å²) in [5.41, 5.74) is 0.605. The van der Waals surface area contributed by atoms with Crippen molar-refractivity contribution < 1.29 is 43.3 Å².